The molecular weight excluding hydrogens is 231 g/mol. The Balaban J connectivity index is 3.64. The van der Waals surface area contributed by atoms with E-state index in [1.165, 1.54) is 0 Å². The normalized spacial score (nSPS) is 13.4. The molecule has 1 amide bonds. The van der Waals surface area contributed by atoms with Crippen molar-refractivity contribution in [1.82, 2.24) is 5.32 Å². The third kappa shape index (κ3) is 9.71. The average Bonchev–Trinajstić information content (AvgIpc) is 2.10. The predicted octanol–water partition coefficient (Wildman–Crippen LogP) is 2.42. The van der Waals surface area contributed by atoms with Crippen LogP contribution in [-0.2, 0) is 4.74 Å². The van der Waals surface area contributed by atoms with Gasteiger partial charge in [-0.05, 0) is 25.4 Å². The van der Waals surface area contributed by atoms with Gasteiger partial charge in [0.1, 0.15) is 0 Å². The van der Waals surface area contributed by atoms with Crippen LogP contribution in [0.15, 0.2) is 0 Å². The number of carbonyl (C=O) groups excluding carboxylic acids is 1. The molecule has 0 aromatic rings. The highest BCUT2D eigenvalue weighted by Crippen LogP contribution is 2.14. The van der Waals surface area contributed by atoms with E-state index in [2.05, 4.69) is 10.1 Å². The molecule has 15 heavy (non-hydrogen) atoms. The molecule has 1 atom stereocenters. The van der Waals surface area contributed by atoms with Gasteiger partial charge in [-0.1, -0.05) is 0 Å². The van der Waals surface area contributed by atoms with Gasteiger partial charge in [0.25, 0.3) is 0 Å². The second-order valence-electron chi connectivity index (χ2n) is 3.02. The lowest BCUT2D eigenvalue weighted by Crippen LogP contribution is -2.35. The average molecular weight is 245 g/mol. The molecule has 1 unspecified atom stereocenters. The van der Waals surface area contributed by atoms with Crippen LogP contribution in [0.4, 0.5) is 18.0 Å². The van der Waals surface area contributed by atoms with Crippen LogP contribution in [0.2, 0.25) is 0 Å². The van der Waals surface area contributed by atoms with Gasteiger partial charge in [0.05, 0.1) is 0 Å². The summed E-state index contributed by atoms with van der Waals surface area (Å²) in [5, 5.41) is 2.31. The highest BCUT2D eigenvalue weighted by atomic mass is 32.2. The van der Waals surface area contributed by atoms with Crippen LogP contribution < -0.4 is 5.32 Å². The minimum atomic E-state index is -4.47. The number of halogens is 3. The number of rotatable bonds is 5. The smallest absolute Gasteiger partial charge is 0.422 e. The molecule has 0 aromatic carbocycles. The van der Waals surface area contributed by atoms with Crippen molar-refractivity contribution < 1.29 is 22.7 Å². The molecule has 0 spiro atoms. The van der Waals surface area contributed by atoms with Crippen LogP contribution in [0.1, 0.15) is 13.3 Å². The maximum atomic E-state index is 11.6. The Labute approximate surface area is 90.7 Å². The summed E-state index contributed by atoms with van der Waals surface area (Å²) >= 11 is 1.60. The van der Waals surface area contributed by atoms with Crippen LogP contribution in [-0.4, -0.2) is 36.9 Å². The van der Waals surface area contributed by atoms with E-state index < -0.39 is 18.9 Å². The van der Waals surface area contributed by atoms with Crippen molar-refractivity contribution in [1.29, 1.82) is 0 Å². The highest BCUT2D eigenvalue weighted by molar-refractivity contribution is 7.98. The molecule has 1 N–H and O–H groups in total. The maximum Gasteiger partial charge on any atom is 0.422 e. The van der Waals surface area contributed by atoms with Crippen molar-refractivity contribution in [3.8, 4) is 0 Å². The minimum Gasteiger partial charge on any atom is -0.440 e. The van der Waals surface area contributed by atoms with Crippen LogP contribution in [0.3, 0.4) is 0 Å². The number of hydrogen-bond donors (Lipinski definition) is 1. The Morgan fingerprint density at radius 3 is 2.60 bits per heavy atom. The molecule has 0 aliphatic heterocycles. The van der Waals surface area contributed by atoms with Crippen molar-refractivity contribution in [3.05, 3.63) is 0 Å². The predicted molar refractivity (Wildman–Crippen MR) is 53.0 cm³/mol. The van der Waals surface area contributed by atoms with Gasteiger partial charge < -0.3 is 10.1 Å². The highest BCUT2D eigenvalue weighted by Gasteiger charge is 2.29. The number of ether oxygens (including phenoxy) is 1. The fourth-order valence-electron chi connectivity index (χ4n) is 0.757. The first kappa shape index (κ1) is 14.4. The molecule has 0 rings (SSSR count). The first-order valence-electron chi connectivity index (χ1n) is 4.34. The quantitative estimate of drug-likeness (QED) is 0.808. The van der Waals surface area contributed by atoms with Crippen molar-refractivity contribution in [2.45, 2.75) is 25.6 Å². The van der Waals surface area contributed by atoms with Crippen molar-refractivity contribution in [2.75, 3.05) is 18.6 Å². The molecule has 0 heterocycles. The number of alkyl halides is 3. The van der Waals surface area contributed by atoms with Crippen LogP contribution in [0.25, 0.3) is 0 Å². The van der Waals surface area contributed by atoms with E-state index in [-0.39, 0.29) is 6.04 Å². The zero-order chi connectivity index (χ0) is 11.9. The molecule has 0 aromatic heterocycles. The number of hydrogen-bond acceptors (Lipinski definition) is 3. The summed E-state index contributed by atoms with van der Waals surface area (Å²) in [4.78, 5) is 10.8. The van der Waals surface area contributed by atoms with Crippen LogP contribution in [0.5, 0.6) is 0 Å². The first-order chi connectivity index (χ1) is 6.85. The molecule has 0 saturated carbocycles. The summed E-state index contributed by atoms with van der Waals surface area (Å²) in [5.74, 6) is 0.834. The number of thioether (sulfide) groups is 1. The second kappa shape index (κ2) is 6.81. The Bertz CT molecular complexity index is 199. The van der Waals surface area contributed by atoms with Crippen molar-refractivity contribution in [2.24, 2.45) is 0 Å². The van der Waals surface area contributed by atoms with Gasteiger partial charge in [0, 0.05) is 6.04 Å². The van der Waals surface area contributed by atoms with Crippen LogP contribution in [0, 0.1) is 0 Å². The number of alkyl carbamates (subject to hydrolysis) is 1. The molecule has 7 heteroatoms. The van der Waals surface area contributed by atoms with Gasteiger partial charge in [0.15, 0.2) is 6.61 Å². The molecule has 0 saturated heterocycles. The van der Waals surface area contributed by atoms with E-state index >= 15 is 0 Å². The maximum absolute atomic E-state index is 11.6. The fourth-order valence-corrected chi connectivity index (χ4v) is 1.35. The first-order valence-corrected chi connectivity index (χ1v) is 5.73. The molecule has 0 fully saturated rings. The van der Waals surface area contributed by atoms with E-state index in [9.17, 15) is 18.0 Å². The third-order valence-corrected chi connectivity index (χ3v) is 2.13. The standard InChI is InChI=1S/C8H14F3NO2S/c1-6(3-4-15-2)12-7(13)14-5-8(9,10)11/h6H,3-5H2,1-2H3,(H,12,13). The summed E-state index contributed by atoms with van der Waals surface area (Å²) in [6, 6.07) is -0.182. The second-order valence-corrected chi connectivity index (χ2v) is 4.00. The van der Waals surface area contributed by atoms with Crippen LogP contribution >= 0.6 is 11.8 Å². The summed E-state index contributed by atoms with van der Waals surface area (Å²) in [6.45, 7) is 0.166. The Morgan fingerprint density at radius 2 is 2.13 bits per heavy atom. The number of nitrogens with one attached hydrogen (secondary N) is 1. The van der Waals surface area contributed by atoms with E-state index in [0.29, 0.717) is 6.42 Å². The molecule has 0 aliphatic carbocycles. The van der Waals surface area contributed by atoms with E-state index in [0.717, 1.165) is 5.75 Å². The SMILES string of the molecule is CSCCC(C)NC(=O)OCC(F)(F)F. The zero-order valence-electron chi connectivity index (χ0n) is 8.56. The monoisotopic (exact) mass is 245 g/mol. The molecule has 0 bridgehead atoms. The Hall–Kier alpha value is -0.590. The van der Waals surface area contributed by atoms with E-state index in [1.807, 2.05) is 6.26 Å². The summed E-state index contributed by atoms with van der Waals surface area (Å²) < 4.78 is 38.9. The van der Waals surface area contributed by atoms with E-state index in [1.54, 1.807) is 18.7 Å². The fraction of sp³-hybridized carbons (Fsp3) is 0.875. The third-order valence-electron chi connectivity index (χ3n) is 1.49. The zero-order valence-corrected chi connectivity index (χ0v) is 9.37. The minimum absolute atomic E-state index is 0.182. The van der Waals surface area contributed by atoms with E-state index in [4.69, 9.17) is 0 Å². The molecule has 90 valence electrons. The van der Waals surface area contributed by atoms with Gasteiger partial charge in [-0.25, -0.2) is 4.79 Å². The molecular formula is C8H14F3NO2S. The van der Waals surface area contributed by atoms with Gasteiger partial charge in [-0.2, -0.15) is 24.9 Å². The molecule has 0 aliphatic rings. The number of amides is 1. The lowest BCUT2D eigenvalue weighted by molar-refractivity contribution is -0.160. The van der Waals surface area contributed by atoms with Gasteiger partial charge >= 0.3 is 12.3 Å². The molecule has 3 nitrogen and oxygen atoms in total. The Kier molecular flexibility index (Phi) is 6.55. The summed E-state index contributed by atoms with van der Waals surface area (Å²) in [5.41, 5.74) is 0. The van der Waals surface area contributed by atoms with Crippen molar-refractivity contribution >= 4 is 17.9 Å². The lowest BCUT2D eigenvalue weighted by atomic mass is 10.3. The summed E-state index contributed by atoms with van der Waals surface area (Å²) in [7, 11) is 0. The van der Waals surface area contributed by atoms with Gasteiger partial charge in [-0.15, -0.1) is 0 Å². The lowest BCUT2D eigenvalue weighted by Gasteiger charge is -2.14. The topological polar surface area (TPSA) is 38.3 Å². The summed E-state index contributed by atoms with van der Waals surface area (Å²) in [6.07, 6.45) is -2.89. The van der Waals surface area contributed by atoms with Gasteiger partial charge in [-0.3, -0.25) is 0 Å². The number of carbonyl (C=O) groups is 1. The van der Waals surface area contributed by atoms with Crippen molar-refractivity contribution in [3.63, 3.8) is 0 Å². The Morgan fingerprint density at radius 1 is 1.53 bits per heavy atom. The molecule has 0 radical (unpaired) electrons. The van der Waals surface area contributed by atoms with Gasteiger partial charge in [0.2, 0.25) is 0 Å². The largest absolute Gasteiger partial charge is 0.440 e.